The van der Waals surface area contributed by atoms with Gasteiger partial charge in [-0.25, -0.2) is 0 Å². The highest BCUT2D eigenvalue weighted by Crippen LogP contribution is 2.29. The number of carbonyl (C=O) groups excluding carboxylic acids is 1. The first-order valence-electron chi connectivity index (χ1n) is 4.78. The highest BCUT2D eigenvalue weighted by atomic mass is 16.5. The Kier molecular flexibility index (Phi) is 2.26. The van der Waals surface area contributed by atoms with E-state index in [4.69, 9.17) is 4.74 Å². The smallest absolute Gasteiger partial charge is 0.302 e. The first kappa shape index (κ1) is 8.97. The van der Waals surface area contributed by atoms with E-state index in [0.717, 1.165) is 19.3 Å². The number of rotatable bonds is 1. The minimum absolute atomic E-state index is 0.0281. The van der Waals surface area contributed by atoms with Gasteiger partial charge in [0.05, 0.1) is 6.10 Å². The first-order valence-corrected chi connectivity index (χ1v) is 4.78. The van der Waals surface area contributed by atoms with E-state index < -0.39 is 0 Å². The molecule has 0 aliphatic carbocycles. The van der Waals surface area contributed by atoms with Crippen molar-refractivity contribution in [3.05, 3.63) is 0 Å². The second-order valence-electron chi connectivity index (χ2n) is 3.91. The standard InChI is InChI=1S/C9H15NO3/c1-5(11)13-9-4-7-8(12)3-2-6(9)10-7/h6-10,12H,2-4H2,1H3/t6?,7?,8-,9-/m1/s1. The SMILES string of the molecule is CC(=O)O[C@@H]1CC2NC1CC[C@H]2O. The maximum atomic E-state index is 10.8. The Hall–Kier alpha value is -0.610. The summed E-state index contributed by atoms with van der Waals surface area (Å²) < 4.78 is 5.16. The molecule has 2 aliphatic rings. The number of hydrogen-bond acceptors (Lipinski definition) is 4. The molecule has 4 nitrogen and oxygen atoms in total. The number of nitrogens with one attached hydrogen (secondary N) is 1. The zero-order valence-corrected chi connectivity index (χ0v) is 7.69. The Labute approximate surface area is 77.3 Å². The van der Waals surface area contributed by atoms with Crippen LogP contribution in [0.4, 0.5) is 0 Å². The molecular formula is C9H15NO3. The van der Waals surface area contributed by atoms with Crippen LogP contribution in [0.15, 0.2) is 0 Å². The summed E-state index contributed by atoms with van der Waals surface area (Å²) in [6, 6.07) is 0.389. The van der Waals surface area contributed by atoms with Crippen molar-refractivity contribution in [3.63, 3.8) is 0 Å². The number of ether oxygens (including phenoxy) is 1. The van der Waals surface area contributed by atoms with Crippen molar-refractivity contribution in [2.75, 3.05) is 0 Å². The van der Waals surface area contributed by atoms with E-state index in [1.54, 1.807) is 0 Å². The second-order valence-corrected chi connectivity index (χ2v) is 3.91. The highest BCUT2D eigenvalue weighted by molar-refractivity contribution is 5.66. The predicted molar refractivity (Wildman–Crippen MR) is 46.1 cm³/mol. The zero-order valence-electron chi connectivity index (χ0n) is 7.69. The van der Waals surface area contributed by atoms with E-state index in [1.165, 1.54) is 6.92 Å². The molecule has 2 aliphatic heterocycles. The Morgan fingerprint density at radius 3 is 2.85 bits per heavy atom. The number of aliphatic hydroxyl groups excluding tert-OH is 1. The van der Waals surface area contributed by atoms with Gasteiger partial charge in [0.2, 0.25) is 0 Å². The molecule has 0 saturated carbocycles. The lowest BCUT2D eigenvalue weighted by molar-refractivity contribution is -0.146. The van der Waals surface area contributed by atoms with Gasteiger partial charge in [-0.1, -0.05) is 0 Å². The van der Waals surface area contributed by atoms with Crippen LogP contribution in [-0.4, -0.2) is 35.4 Å². The van der Waals surface area contributed by atoms with Crippen LogP contribution in [0.3, 0.4) is 0 Å². The highest BCUT2D eigenvalue weighted by Gasteiger charge is 2.42. The average Bonchev–Trinajstić information content (AvgIpc) is 2.37. The van der Waals surface area contributed by atoms with E-state index in [1.807, 2.05) is 0 Å². The summed E-state index contributed by atoms with van der Waals surface area (Å²) in [4.78, 5) is 10.8. The largest absolute Gasteiger partial charge is 0.461 e. The van der Waals surface area contributed by atoms with E-state index >= 15 is 0 Å². The third kappa shape index (κ3) is 1.69. The maximum absolute atomic E-state index is 10.8. The molecule has 0 aromatic heterocycles. The summed E-state index contributed by atoms with van der Waals surface area (Å²) in [6.07, 6.45) is 2.18. The summed E-state index contributed by atoms with van der Waals surface area (Å²) in [5.41, 5.74) is 0. The summed E-state index contributed by atoms with van der Waals surface area (Å²) in [5, 5.41) is 12.8. The molecule has 0 radical (unpaired) electrons. The van der Waals surface area contributed by atoms with Gasteiger partial charge in [-0.15, -0.1) is 0 Å². The molecule has 4 atom stereocenters. The molecule has 2 heterocycles. The molecule has 2 unspecified atom stereocenters. The fraction of sp³-hybridized carbons (Fsp3) is 0.889. The molecule has 2 fully saturated rings. The topological polar surface area (TPSA) is 58.6 Å². The van der Waals surface area contributed by atoms with E-state index in [-0.39, 0.29) is 30.3 Å². The number of fused-ring (bicyclic) bond motifs is 2. The quantitative estimate of drug-likeness (QED) is 0.556. The van der Waals surface area contributed by atoms with E-state index in [9.17, 15) is 9.90 Å². The summed E-state index contributed by atoms with van der Waals surface area (Å²) in [6.45, 7) is 1.43. The van der Waals surface area contributed by atoms with Gasteiger partial charge >= 0.3 is 5.97 Å². The maximum Gasteiger partial charge on any atom is 0.302 e. The second kappa shape index (κ2) is 3.27. The lowest BCUT2D eigenvalue weighted by Crippen LogP contribution is -2.44. The van der Waals surface area contributed by atoms with Gasteiger partial charge in [0.1, 0.15) is 6.10 Å². The van der Waals surface area contributed by atoms with Gasteiger partial charge in [0, 0.05) is 25.4 Å². The van der Waals surface area contributed by atoms with Crippen LogP contribution in [0.2, 0.25) is 0 Å². The molecule has 0 amide bonds. The molecular weight excluding hydrogens is 170 g/mol. The third-order valence-electron chi connectivity index (χ3n) is 2.92. The molecule has 2 bridgehead atoms. The number of aliphatic hydroxyl groups is 1. The number of esters is 1. The molecule has 2 saturated heterocycles. The normalized spacial score (nSPS) is 43.2. The summed E-state index contributed by atoms with van der Waals surface area (Å²) >= 11 is 0. The van der Waals surface area contributed by atoms with Gasteiger partial charge in [-0.05, 0) is 12.8 Å². The molecule has 0 aromatic rings. The van der Waals surface area contributed by atoms with Crippen LogP contribution in [0.5, 0.6) is 0 Å². The van der Waals surface area contributed by atoms with Crippen LogP contribution in [-0.2, 0) is 9.53 Å². The van der Waals surface area contributed by atoms with Crippen LogP contribution < -0.4 is 5.32 Å². The van der Waals surface area contributed by atoms with Gasteiger partial charge in [0.15, 0.2) is 0 Å². The minimum Gasteiger partial charge on any atom is -0.461 e. The molecule has 0 aromatic carbocycles. The first-order chi connectivity index (χ1) is 6.16. The fourth-order valence-corrected chi connectivity index (χ4v) is 2.30. The summed E-state index contributed by atoms with van der Waals surface area (Å²) in [5.74, 6) is -0.228. The van der Waals surface area contributed by atoms with Crippen molar-refractivity contribution in [1.29, 1.82) is 0 Å². The van der Waals surface area contributed by atoms with Gasteiger partial charge < -0.3 is 15.2 Å². The Morgan fingerprint density at radius 1 is 1.46 bits per heavy atom. The van der Waals surface area contributed by atoms with Crippen molar-refractivity contribution in [2.45, 2.75) is 50.5 Å². The number of hydrogen-bond donors (Lipinski definition) is 2. The third-order valence-corrected chi connectivity index (χ3v) is 2.92. The van der Waals surface area contributed by atoms with Gasteiger partial charge in [0.25, 0.3) is 0 Å². The van der Waals surface area contributed by atoms with Gasteiger partial charge in [-0.3, -0.25) is 4.79 Å². The zero-order chi connectivity index (χ0) is 9.42. The van der Waals surface area contributed by atoms with Crippen molar-refractivity contribution < 1.29 is 14.6 Å². The Balaban J connectivity index is 1.98. The van der Waals surface area contributed by atoms with Crippen molar-refractivity contribution >= 4 is 5.97 Å². The minimum atomic E-state index is -0.267. The van der Waals surface area contributed by atoms with Crippen LogP contribution in [0.1, 0.15) is 26.2 Å². The van der Waals surface area contributed by atoms with Crippen LogP contribution in [0, 0.1) is 0 Å². The average molecular weight is 185 g/mol. The van der Waals surface area contributed by atoms with E-state index in [0.29, 0.717) is 0 Å². The van der Waals surface area contributed by atoms with Crippen LogP contribution >= 0.6 is 0 Å². The molecule has 2 rings (SSSR count). The Morgan fingerprint density at radius 2 is 2.23 bits per heavy atom. The van der Waals surface area contributed by atoms with E-state index in [2.05, 4.69) is 5.32 Å². The molecule has 2 N–H and O–H groups in total. The molecule has 4 heteroatoms. The van der Waals surface area contributed by atoms with Crippen molar-refractivity contribution in [3.8, 4) is 0 Å². The summed E-state index contributed by atoms with van der Waals surface area (Å²) in [7, 11) is 0. The van der Waals surface area contributed by atoms with Crippen LogP contribution in [0.25, 0.3) is 0 Å². The lowest BCUT2D eigenvalue weighted by Gasteiger charge is -2.26. The fourth-order valence-electron chi connectivity index (χ4n) is 2.30. The van der Waals surface area contributed by atoms with Crippen molar-refractivity contribution in [2.24, 2.45) is 0 Å². The Bertz CT molecular complexity index is 219. The molecule has 0 spiro atoms. The predicted octanol–water partition coefficient (Wildman–Crippen LogP) is -0.197. The number of carbonyl (C=O) groups is 1. The number of piperidine rings is 1. The van der Waals surface area contributed by atoms with Crippen molar-refractivity contribution in [1.82, 2.24) is 5.32 Å². The molecule has 13 heavy (non-hydrogen) atoms. The monoisotopic (exact) mass is 185 g/mol. The molecule has 74 valence electrons. The lowest BCUT2D eigenvalue weighted by atomic mass is 10.0. The van der Waals surface area contributed by atoms with Gasteiger partial charge in [-0.2, -0.15) is 0 Å².